The fourth-order valence-electron chi connectivity index (χ4n) is 2.61. The standard InChI is InChI=1S/C12H14F3N5O/c13-12(14,15)11-18-17-10-6-19(2-3-20(10)11)9(5-16)8-1-4-21-7-8/h1,4,7,9H,2-3,5-6,16H2. The number of hydrogen-bond acceptors (Lipinski definition) is 5. The molecular weight excluding hydrogens is 287 g/mol. The van der Waals surface area contributed by atoms with Crippen molar-refractivity contribution in [2.75, 3.05) is 13.1 Å². The Bertz CT molecular complexity index is 607. The summed E-state index contributed by atoms with van der Waals surface area (Å²) in [5.41, 5.74) is 6.69. The Balaban J connectivity index is 1.83. The van der Waals surface area contributed by atoms with Gasteiger partial charge in [0.05, 0.1) is 25.1 Å². The molecule has 0 saturated carbocycles. The van der Waals surface area contributed by atoms with Crippen LogP contribution in [0, 0.1) is 0 Å². The van der Waals surface area contributed by atoms with E-state index >= 15 is 0 Å². The SMILES string of the molecule is NCC(c1ccoc1)N1CCn2c(nnc2C(F)(F)F)C1. The molecule has 1 atom stereocenters. The average molecular weight is 301 g/mol. The third-order valence-corrected chi connectivity index (χ3v) is 3.63. The lowest BCUT2D eigenvalue weighted by atomic mass is 10.1. The minimum atomic E-state index is -4.48. The van der Waals surface area contributed by atoms with Crippen LogP contribution in [-0.2, 0) is 19.3 Å². The van der Waals surface area contributed by atoms with E-state index in [1.807, 2.05) is 4.90 Å². The van der Waals surface area contributed by atoms with Gasteiger partial charge in [-0.2, -0.15) is 13.2 Å². The lowest BCUT2D eigenvalue weighted by Crippen LogP contribution is -2.40. The highest BCUT2D eigenvalue weighted by molar-refractivity contribution is 5.13. The van der Waals surface area contributed by atoms with Crippen LogP contribution < -0.4 is 5.73 Å². The Hall–Kier alpha value is -1.87. The van der Waals surface area contributed by atoms with Gasteiger partial charge in [0.2, 0.25) is 5.82 Å². The highest BCUT2D eigenvalue weighted by Crippen LogP contribution is 2.31. The summed E-state index contributed by atoms with van der Waals surface area (Å²) in [5, 5.41) is 6.92. The van der Waals surface area contributed by atoms with Crippen molar-refractivity contribution in [3.05, 3.63) is 35.8 Å². The highest BCUT2D eigenvalue weighted by Gasteiger charge is 2.40. The predicted octanol–water partition coefficient (Wildman–Crippen LogP) is 1.41. The maximum atomic E-state index is 12.8. The predicted molar refractivity (Wildman–Crippen MR) is 65.9 cm³/mol. The van der Waals surface area contributed by atoms with Crippen molar-refractivity contribution in [1.29, 1.82) is 0 Å². The molecule has 1 unspecified atom stereocenters. The lowest BCUT2D eigenvalue weighted by molar-refractivity contribution is -0.148. The summed E-state index contributed by atoms with van der Waals surface area (Å²) >= 11 is 0. The van der Waals surface area contributed by atoms with Gasteiger partial charge in [0.25, 0.3) is 0 Å². The second kappa shape index (κ2) is 5.15. The molecule has 2 N–H and O–H groups in total. The van der Waals surface area contributed by atoms with Gasteiger partial charge in [-0.15, -0.1) is 10.2 Å². The number of nitrogens with two attached hydrogens (primary N) is 1. The van der Waals surface area contributed by atoms with Crippen molar-refractivity contribution >= 4 is 0 Å². The van der Waals surface area contributed by atoms with E-state index in [-0.39, 0.29) is 19.1 Å². The molecule has 2 aromatic rings. The summed E-state index contributed by atoms with van der Waals surface area (Å²) in [4.78, 5) is 1.98. The lowest BCUT2D eigenvalue weighted by Gasteiger charge is -2.33. The van der Waals surface area contributed by atoms with Crippen molar-refractivity contribution in [1.82, 2.24) is 19.7 Å². The molecule has 3 rings (SSSR count). The highest BCUT2D eigenvalue weighted by atomic mass is 19.4. The van der Waals surface area contributed by atoms with E-state index in [0.29, 0.717) is 18.9 Å². The molecule has 0 saturated heterocycles. The Morgan fingerprint density at radius 1 is 1.33 bits per heavy atom. The third-order valence-electron chi connectivity index (χ3n) is 3.63. The number of aromatic nitrogens is 3. The Labute approximate surface area is 118 Å². The number of nitrogens with zero attached hydrogens (tertiary/aromatic N) is 4. The van der Waals surface area contributed by atoms with Crippen LogP contribution in [-0.4, -0.2) is 32.8 Å². The number of fused-ring (bicyclic) bond motifs is 1. The molecule has 1 aliphatic heterocycles. The monoisotopic (exact) mass is 301 g/mol. The summed E-state index contributed by atoms with van der Waals surface area (Å²) in [6.07, 6.45) is -1.34. The topological polar surface area (TPSA) is 73.1 Å². The van der Waals surface area contributed by atoms with Crippen molar-refractivity contribution in [2.24, 2.45) is 5.73 Å². The van der Waals surface area contributed by atoms with E-state index in [9.17, 15) is 13.2 Å². The van der Waals surface area contributed by atoms with Crippen LogP contribution in [0.2, 0.25) is 0 Å². The zero-order valence-corrected chi connectivity index (χ0v) is 11.0. The van der Waals surface area contributed by atoms with Crippen molar-refractivity contribution in [2.45, 2.75) is 25.3 Å². The first-order valence-corrected chi connectivity index (χ1v) is 6.46. The summed E-state index contributed by atoms with van der Waals surface area (Å²) in [6, 6.07) is 1.70. The number of halogens is 3. The van der Waals surface area contributed by atoms with E-state index in [1.165, 1.54) is 0 Å². The van der Waals surface area contributed by atoms with E-state index in [1.54, 1.807) is 18.6 Å². The van der Waals surface area contributed by atoms with E-state index < -0.39 is 12.0 Å². The fourth-order valence-corrected chi connectivity index (χ4v) is 2.61. The third kappa shape index (κ3) is 2.54. The Morgan fingerprint density at radius 2 is 2.14 bits per heavy atom. The first-order valence-electron chi connectivity index (χ1n) is 6.46. The molecule has 0 aromatic carbocycles. The molecule has 0 spiro atoms. The first-order chi connectivity index (χ1) is 10.0. The molecule has 114 valence electrons. The van der Waals surface area contributed by atoms with Crippen LogP contribution in [0.25, 0.3) is 0 Å². The molecule has 21 heavy (non-hydrogen) atoms. The number of furan rings is 1. The zero-order valence-electron chi connectivity index (χ0n) is 11.0. The maximum absolute atomic E-state index is 12.8. The molecule has 0 radical (unpaired) electrons. The molecule has 0 bridgehead atoms. The molecule has 6 nitrogen and oxygen atoms in total. The normalized spacial score (nSPS) is 17.7. The smallest absolute Gasteiger partial charge is 0.451 e. The van der Waals surface area contributed by atoms with Crippen molar-refractivity contribution in [3.63, 3.8) is 0 Å². The van der Waals surface area contributed by atoms with Gasteiger partial charge in [0.1, 0.15) is 5.82 Å². The summed E-state index contributed by atoms with van der Waals surface area (Å²) in [7, 11) is 0. The van der Waals surface area contributed by atoms with Gasteiger partial charge in [-0.1, -0.05) is 0 Å². The molecular formula is C12H14F3N5O. The number of alkyl halides is 3. The molecule has 0 amide bonds. The molecule has 2 aromatic heterocycles. The van der Waals surface area contributed by atoms with Crippen molar-refractivity contribution in [3.8, 4) is 0 Å². The first kappa shape index (κ1) is 14.1. The molecule has 3 heterocycles. The van der Waals surface area contributed by atoms with Gasteiger partial charge in [-0.3, -0.25) is 4.90 Å². The van der Waals surface area contributed by atoms with E-state index in [2.05, 4.69) is 10.2 Å². The summed E-state index contributed by atoms with van der Waals surface area (Å²) in [5.74, 6) is -0.639. The van der Waals surface area contributed by atoms with Crippen LogP contribution >= 0.6 is 0 Å². The maximum Gasteiger partial charge on any atom is 0.451 e. The van der Waals surface area contributed by atoms with E-state index in [0.717, 1.165) is 10.1 Å². The van der Waals surface area contributed by atoms with Crippen LogP contribution in [0.5, 0.6) is 0 Å². The molecule has 0 fully saturated rings. The minimum absolute atomic E-state index is 0.108. The van der Waals surface area contributed by atoms with Crippen LogP contribution in [0.4, 0.5) is 13.2 Å². The quantitative estimate of drug-likeness (QED) is 0.928. The second-order valence-corrected chi connectivity index (χ2v) is 4.87. The van der Waals surface area contributed by atoms with Gasteiger partial charge >= 0.3 is 6.18 Å². The Kier molecular flexibility index (Phi) is 3.46. The fraction of sp³-hybridized carbons (Fsp3) is 0.500. The minimum Gasteiger partial charge on any atom is -0.472 e. The molecule has 0 aliphatic carbocycles. The van der Waals surface area contributed by atoms with Gasteiger partial charge in [-0.25, -0.2) is 0 Å². The van der Waals surface area contributed by atoms with Crippen LogP contribution in [0.3, 0.4) is 0 Å². The average Bonchev–Trinajstić information content (AvgIpc) is 3.06. The van der Waals surface area contributed by atoms with Gasteiger partial charge in [0.15, 0.2) is 0 Å². The Morgan fingerprint density at radius 3 is 2.76 bits per heavy atom. The zero-order chi connectivity index (χ0) is 15.0. The summed E-state index contributed by atoms with van der Waals surface area (Å²) in [6.45, 7) is 1.25. The van der Waals surface area contributed by atoms with Crippen LogP contribution in [0.15, 0.2) is 23.0 Å². The largest absolute Gasteiger partial charge is 0.472 e. The molecule has 1 aliphatic rings. The van der Waals surface area contributed by atoms with Gasteiger partial charge in [0, 0.05) is 25.2 Å². The van der Waals surface area contributed by atoms with Gasteiger partial charge < -0.3 is 14.7 Å². The number of hydrogen-bond donors (Lipinski definition) is 1. The second-order valence-electron chi connectivity index (χ2n) is 4.87. The van der Waals surface area contributed by atoms with Crippen LogP contribution in [0.1, 0.15) is 23.3 Å². The molecule has 9 heteroatoms. The van der Waals surface area contributed by atoms with E-state index in [4.69, 9.17) is 10.2 Å². The number of rotatable bonds is 3. The van der Waals surface area contributed by atoms with Gasteiger partial charge in [-0.05, 0) is 6.07 Å². The van der Waals surface area contributed by atoms with Crippen molar-refractivity contribution < 1.29 is 17.6 Å². The summed E-state index contributed by atoms with van der Waals surface area (Å²) < 4.78 is 44.5.